The lowest BCUT2D eigenvalue weighted by Crippen LogP contribution is -2.09. The van der Waals surface area contributed by atoms with Gasteiger partial charge >= 0.3 is 0 Å². The molecule has 0 saturated heterocycles. The summed E-state index contributed by atoms with van der Waals surface area (Å²) in [7, 11) is 0. The van der Waals surface area contributed by atoms with Crippen molar-refractivity contribution >= 4 is 23.2 Å². The number of rotatable bonds is 6. The maximum Gasteiger partial charge on any atom is 0.156 e. The van der Waals surface area contributed by atoms with E-state index < -0.39 is 0 Å². The van der Waals surface area contributed by atoms with E-state index in [4.69, 9.17) is 32.7 Å². The number of aryl methyl sites for hydroxylation is 1. The molecule has 0 saturated carbocycles. The molecule has 0 N–H and O–H groups in total. The van der Waals surface area contributed by atoms with E-state index in [0.717, 1.165) is 12.2 Å². The van der Waals surface area contributed by atoms with Gasteiger partial charge in [0.1, 0.15) is 19.0 Å². The van der Waals surface area contributed by atoms with Crippen LogP contribution in [-0.2, 0) is 6.42 Å². The fraction of sp³-hybridized carbons (Fsp3) is 0.250. The Labute approximate surface area is 129 Å². The number of benzene rings is 2. The number of para-hydroxylation sites is 1. The van der Waals surface area contributed by atoms with Crippen molar-refractivity contribution in [3.8, 4) is 11.5 Å². The summed E-state index contributed by atoms with van der Waals surface area (Å²) >= 11 is 12.0. The van der Waals surface area contributed by atoms with Crippen LogP contribution in [0.2, 0.25) is 10.0 Å². The van der Waals surface area contributed by atoms with Crippen LogP contribution in [0.5, 0.6) is 11.5 Å². The van der Waals surface area contributed by atoms with Crippen LogP contribution >= 0.6 is 23.2 Å². The van der Waals surface area contributed by atoms with Crippen LogP contribution in [0.4, 0.5) is 0 Å². The van der Waals surface area contributed by atoms with E-state index in [2.05, 4.69) is 19.1 Å². The van der Waals surface area contributed by atoms with Gasteiger partial charge in [-0.25, -0.2) is 0 Å². The summed E-state index contributed by atoms with van der Waals surface area (Å²) in [5.41, 5.74) is 1.29. The zero-order valence-electron chi connectivity index (χ0n) is 11.2. The summed E-state index contributed by atoms with van der Waals surface area (Å²) < 4.78 is 11.1. The summed E-state index contributed by atoms with van der Waals surface area (Å²) in [6.45, 7) is 2.95. The maximum absolute atomic E-state index is 6.01. The van der Waals surface area contributed by atoms with E-state index in [-0.39, 0.29) is 0 Å². The highest BCUT2D eigenvalue weighted by Gasteiger charge is 2.06. The summed E-state index contributed by atoms with van der Waals surface area (Å²) in [5.74, 6) is 1.33. The Hall–Kier alpha value is -1.38. The van der Waals surface area contributed by atoms with Gasteiger partial charge in [0.25, 0.3) is 0 Å². The standard InChI is InChI=1S/C16H16Cl2O2/c1-2-12-6-8-13(9-7-12)19-10-11-20-16-14(17)4-3-5-15(16)18/h3-9H,2,10-11H2,1H3. The molecule has 0 spiro atoms. The maximum atomic E-state index is 6.01. The first-order chi connectivity index (χ1) is 9.70. The third-order valence-electron chi connectivity index (χ3n) is 2.85. The molecule has 0 heterocycles. The van der Waals surface area contributed by atoms with Crippen molar-refractivity contribution in [1.82, 2.24) is 0 Å². The number of ether oxygens (including phenoxy) is 2. The monoisotopic (exact) mass is 310 g/mol. The fourth-order valence-corrected chi connectivity index (χ4v) is 2.25. The first kappa shape index (κ1) is 15.0. The van der Waals surface area contributed by atoms with Crippen LogP contribution in [0.1, 0.15) is 12.5 Å². The molecule has 0 aliphatic rings. The largest absolute Gasteiger partial charge is 0.490 e. The normalized spacial score (nSPS) is 10.3. The Kier molecular flexibility index (Phi) is 5.57. The molecule has 2 aromatic carbocycles. The van der Waals surface area contributed by atoms with Crippen molar-refractivity contribution in [1.29, 1.82) is 0 Å². The molecule has 0 aromatic heterocycles. The van der Waals surface area contributed by atoms with Crippen LogP contribution in [0, 0.1) is 0 Å². The Morgan fingerprint density at radius 1 is 0.850 bits per heavy atom. The minimum absolute atomic E-state index is 0.388. The predicted molar refractivity (Wildman–Crippen MR) is 83.3 cm³/mol. The SMILES string of the molecule is CCc1ccc(OCCOc2c(Cl)cccc2Cl)cc1. The Morgan fingerprint density at radius 2 is 1.45 bits per heavy atom. The lowest BCUT2D eigenvalue weighted by Gasteiger charge is -2.11. The average Bonchev–Trinajstić information content (AvgIpc) is 2.46. The third kappa shape index (κ3) is 4.06. The predicted octanol–water partition coefficient (Wildman–Crippen LogP) is 5.01. The van der Waals surface area contributed by atoms with Gasteiger partial charge in [0.15, 0.2) is 5.75 Å². The van der Waals surface area contributed by atoms with Gasteiger partial charge in [-0.05, 0) is 36.2 Å². The van der Waals surface area contributed by atoms with Gasteiger partial charge in [-0.15, -0.1) is 0 Å². The van der Waals surface area contributed by atoms with Crippen LogP contribution in [-0.4, -0.2) is 13.2 Å². The topological polar surface area (TPSA) is 18.5 Å². The molecule has 0 unspecified atom stereocenters. The molecule has 0 aliphatic carbocycles. The van der Waals surface area contributed by atoms with Gasteiger partial charge in [-0.1, -0.05) is 48.3 Å². The second-order valence-electron chi connectivity index (χ2n) is 4.25. The van der Waals surface area contributed by atoms with Crippen LogP contribution in [0.3, 0.4) is 0 Å². The van der Waals surface area contributed by atoms with Crippen molar-refractivity contribution in [2.75, 3.05) is 13.2 Å². The lowest BCUT2D eigenvalue weighted by molar-refractivity contribution is 0.217. The van der Waals surface area contributed by atoms with Gasteiger partial charge in [0.05, 0.1) is 10.0 Å². The zero-order valence-corrected chi connectivity index (χ0v) is 12.7. The lowest BCUT2D eigenvalue weighted by atomic mass is 10.2. The average molecular weight is 311 g/mol. The molecule has 0 atom stereocenters. The van der Waals surface area contributed by atoms with Gasteiger partial charge in [-0.2, -0.15) is 0 Å². The van der Waals surface area contributed by atoms with E-state index in [0.29, 0.717) is 29.0 Å². The molecule has 2 rings (SSSR count). The van der Waals surface area contributed by atoms with Gasteiger partial charge in [-0.3, -0.25) is 0 Å². The van der Waals surface area contributed by atoms with E-state index in [9.17, 15) is 0 Å². The Balaban J connectivity index is 1.81. The molecule has 2 nitrogen and oxygen atoms in total. The molecule has 20 heavy (non-hydrogen) atoms. The molecular formula is C16H16Cl2O2. The molecule has 0 bridgehead atoms. The third-order valence-corrected chi connectivity index (χ3v) is 3.44. The summed E-state index contributed by atoms with van der Waals surface area (Å²) in [6.07, 6.45) is 1.02. The van der Waals surface area contributed by atoms with Gasteiger partial charge < -0.3 is 9.47 Å². The minimum atomic E-state index is 0.388. The number of hydrogen-bond acceptors (Lipinski definition) is 2. The van der Waals surface area contributed by atoms with E-state index in [1.807, 2.05) is 12.1 Å². The Morgan fingerprint density at radius 3 is 2.05 bits per heavy atom. The molecule has 0 amide bonds. The van der Waals surface area contributed by atoms with Crippen LogP contribution in [0.25, 0.3) is 0 Å². The summed E-state index contributed by atoms with van der Waals surface area (Å²) in [6, 6.07) is 13.3. The minimum Gasteiger partial charge on any atom is -0.490 e. The van der Waals surface area contributed by atoms with E-state index in [1.54, 1.807) is 18.2 Å². The van der Waals surface area contributed by atoms with Crippen LogP contribution < -0.4 is 9.47 Å². The number of halogens is 2. The van der Waals surface area contributed by atoms with Crippen molar-refractivity contribution in [2.24, 2.45) is 0 Å². The number of hydrogen-bond donors (Lipinski definition) is 0. The van der Waals surface area contributed by atoms with Crippen molar-refractivity contribution in [3.63, 3.8) is 0 Å². The first-order valence-electron chi connectivity index (χ1n) is 6.49. The van der Waals surface area contributed by atoms with Crippen LogP contribution in [0.15, 0.2) is 42.5 Å². The van der Waals surface area contributed by atoms with E-state index >= 15 is 0 Å². The van der Waals surface area contributed by atoms with E-state index in [1.165, 1.54) is 5.56 Å². The molecule has 2 aromatic rings. The molecule has 0 radical (unpaired) electrons. The zero-order chi connectivity index (χ0) is 14.4. The highest BCUT2D eigenvalue weighted by atomic mass is 35.5. The molecular weight excluding hydrogens is 295 g/mol. The first-order valence-corrected chi connectivity index (χ1v) is 7.25. The second kappa shape index (κ2) is 7.41. The summed E-state index contributed by atoms with van der Waals surface area (Å²) in [5, 5.41) is 1.01. The van der Waals surface area contributed by atoms with Gasteiger partial charge in [0, 0.05) is 0 Å². The Bertz CT molecular complexity index is 533. The smallest absolute Gasteiger partial charge is 0.156 e. The second-order valence-corrected chi connectivity index (χ2v) is 5.06. The highest BCUT2D eigenvalue weighted by molar-refractivity contribution is 6.37. The highest BCUT2D eigenvalue weighted by Crippen LogP contribution is 2.32. The molecule has 0 fully saturated rings. The quantitative estimate of drug-likeness (QED) is 0.698. The van der Waals surface area contributed by atoms with Crippen molar-refractivity contribution in [3.05, 3.63) is 58.1 Å². The van der Waals surface area contributed by atoms with Crippen molar-refractivity contribution in [2.45, 2.75) is 13.3 Å². The molecule has 106 valence electrons. The fourth-order valence-electron chi connectivity index (χ4n) is 1.75. The summed E-state index contributed by atoms with van der Waals surface area (Å²) in [4.78, 5) is 0. The molecule has 0 aliphatic heterocycles. The molecule has 4 heteroatoms. The van der Waals surface area contributed by atoms with Crippen molar-refractivity contribution < 1.29 is 9.47 Å². The van der Waals surface area contributed by atoms with Gasteiger partial charge in [0.2, 0.25) is 0 Å².